The van der Waals surface area contributed by atoms with Gasteiger partial charge in [0.05, 0.1) is 22.3 Å². The molecule has 0 saturated carbocycles. The molecule has 0 aliphatic rings. The fourth-order valence-corrected chi connectivity index (χ4v) is 1.01. The first kappa shape index (κ1) is 9.87. The Hall–Kier alpha value is -1.21. The van der Waals surface area contributed by atoms with E-state index >= 15 is 0 Å². The average Bonchev–Trinajstić information content (AvgIpc) is 2.09. The number of halogens is 2. The van der Waals surface area contributed by atoms with Gasteiger partial charge in [0, 0.05) is 0 Å². The molecule has 1 rings (SSSR count). The molecule has 0 heterocycles. The molecular weight excluding hydrogens is 235 g/mol. The highest BCUT2D eigenvalue weighted by Gasteiger charge is 2.02. The molecule has 1 aromatic carbocycles. The molecule has 4 N–H and O–H groups in total. The molecular formula is C9H8BrFN2. The van der Waals surface area contributed by atoms with Gasteiger partial charge in [-0.15, -0.1) is 0 Å². The zero-order valence-electron chi connectivity index (χ0n) is 6.77. The third-order valence-electron chi connectivity index (χ3n) is 1.47. The number of nitrogen functional groups attached to an aromatic ring is 2. The molecule has 4 heteroatoms. The standard InChI is InChI=1S/C9H8BrFN2/c10-3-1-2-6-4-7(11)5-8(12)9(6)13/h4-5H,3,12-13H2. The van der Waals surface area contributed by atoms with Crippen LogP contribution in [0.5, 0.6) is 0 Å². The molecule has 13 heavy (non-hydrogen) atoms. The van der Waals surface area contributed by atoms with E-state index in [4.69, 9.17) is 11.5 Å². The minimum absolute atomic E-state index is 0.221. The lowest BCUT2D eigenvalue weighted by Gasteiger charge is -2.02. The van der Waals surface area contributed by atoms with E-state index < -0.39 is 5.82 Å². The molecule has 0 spiro atoms. The lowest BCUT2D eigenvalue weighted by Crippen LogP contribution is -1.98. The van der Waals surface area contributed by atoms with Crippen LogP contribution < -0.4 is 11.5 Å². The van der Waals surface area contributed by atoms with Crippen LogP contribution in [-0.2, 0) is 0 Å². The molecule has 0 radical (unpaired) electrons. The highest BCUT2D eigenvalue weighted by molar-refractivity contribution is 9.09. The predicted octanol–water partition coefficient (Wildman–Crippen LogP) is 1.74. The Bertz CT molecular complexity index is 379. The number of anilines is 2. The van der Waals surface area contributed by atoms with Gasteiger partial charge in [0.25, 0.3) is 0 Å². The first-order valence-electron chi connectivity index (χ1n) is 3.54. The molecule has 0 amide bonds. The summed E-state index contributed by atoms with van der Waals surface area (Å²) in [6, 6.07) is 2.44. The first-order valence-corrected chi connectivity index (χ1v) is 4.66. The third kappa shape index (κ3) is 2.36. The van der Waals surface area contributed by atoms with Crippen LogP contribution in [0.15, 0.2) is 12.1 Å². The van der Waals surface area contributed by atoms with Crippen LogP contribution >= 0.6 is 15.9 Å². The Labute approximate surface area is 84.2 Å². The van der Waals surface area contributed by atoms with Crippen LogP contribution in [0, 0.1) is 17.7 Å². The maximum Gasteiger partial charge on any atom is 0.126 e. The summed E-state index contributed by atoms with van der Waals surface area (Å²) in [6.07, 6.45) is 0. The van der Waals surface area contributed by atoms with Crippen LogP contribution in [0.3, 0.4) is 0 Å². The predicted molar refractivity (Wildman–Crippen MR) is 55.9 cm³/mol. The van der Waals surface area contributed by atoms with Crippen molar-refractivity contribution in [2.75, 3.05) is 16.8 Å². The van der Waals surface area contributed by atoms with Gasteiger partial charge < -0.3 is 11.5 Å². The normalized spacial score (nSPS) is 9.08. The Morgan fingerprint density at radius 1 is 1.38 bits per heavy atom. The van der Waals surface area contributed by atoms with Gasteiger partial charge in [0.1, 0.15) is 5.82 Å². The molecule has 0 aromatic heterocycles. The number of benzene rings is 1. The average molecular weight is 243 g/mol. The zero-order valence-corrected chi connectivity index (χ0v) is 8.36. The number of hydrogen-bond donors (Lipinski definition) is 2. The zero-order chi connectivity index (χ0) is 9.84. The SMILES string of the molecule is Nc1cc(F)cc(C#CCBr)c1N. The van der Waals surface area contributed by atoms with Crippen molar-refractivity contribution >= 4 is 27.3 Å². The minimum Gasteiger partial charge on any atom is -0.397 e. The number of rotatable bonds is 0. The molecule has 0 aliphatic carbocycles. The van der Waals surface area contributed by atoms with Crippen LogP contribution in [0.4, 0.5) is 15.8 Å². The second-order valence-corrected chi connectivity index (χ2v) is 2.95. The molecule has 68 valence electrons. The van der Waals surface area contributed by atoms with E-state index in [1.165, 1.54) is 12.1 Å². The van der Waals surface area contributed by atoms with Gasteiger partial charge in [0.15, 0.2) is 0 Å². The number of nitrogens with two attached hydrogens (primary N) is 2. The highest BCUT2D eigenvalue weighted by atomic mass is 79.9. The lowest BCUT2D eigenvalue weighted by atomic mass is 10.1. The van der Waals surface area contributed by atoms with Crippen molar-refractivity contribution in [3.8, 4) is 11.8 Å². The first-order chi connectivity index (χ1) is 6.15. The van der Waals surface area contributed by atoms with E-state index in [0.717, 1.165) is 0 Å². The van der Waals surface area contributed by atoms with Crippen molar-refractivity contribution in [2.24, 2.45) is 0 Å². The van der Waals surface area contributed by atoms with Crippen LogP contribution in [-0.4, -0.2) is 5.33 Å². The highest BCUT2D eigenvalue weighted by Crippen LogP contribution is 2.20. The van der Waals surface area contributed by atoms with Crippen molar-refractivity contribution in [1.82, 2.24) is 0 Å². The topological polar surface area (TPSA) is 52.0 Å². The van der Waals surface area contributed by atoms with Crippen molar-refractivity contribution in [2.45, 2.75) is 0 Å². The van der Waals surface area contributed by atoms with Crippen molar-refractivity contribution in [3.05, 3.63) is 23.5 Å². The smallest absolute Gasteiger partial charge is 0.126 e. The van der Waals surface area contributed by atoms with Gasteiger partial charge in [-0.05, 0) is 12.1 Å². The summed E-state index contributed by atoms with van der Waals surface area (Å²) >= 11 is 3.13. The van der Waals surface area contributed by atoms with E-state index in [-0.39, 0.29) is 5.69 Å². The van der Waals surface area contributed by atoms with E-state index in [1.54, 1.807) is 0 Å². The summed E-state index contributed by atoms with van der Waals surface area (Å²) in [5, 5.41) is 0.517. The van der Waals surface area contributed by atoms with Crippen LogP contribution in [0.25, 0.3) is 0 Å². The van der Waals surface area contributed by atoms with Gasteiger partial charge in [-0.1, -0.05) is 27.8 Å². The van der Waals surface area contributed by atoms with Gasteiger partial charge in [-0.25, -0.2) is 4.39 Å². The maximum atomic E-state index is 12.8. The summed E-state index contributed by atoms with van der Waals surface area (Å²) in [4.78, 5) is 0. The molecule has 0 unspecified atom stereocenters. The Morgan fingerprint density at radius 3 is 2.69 bits per heavy atom. The summed E-state index contributed by atoms with van der Waals surface area (Å²) in [5.74, 6) is 5.00. The summed E-state index contributed by atoms with van der Waals surface area (Å²) < 4.78 is 12.8. The summed E-state index contributed by atoms with van der Waals surface area (Å²) in [7, 11) is 0. The quantitative estimate of drug-likeness (QED) is 0.414. The summed E-state index contributed by atoms with van der Waals surface area (Å²) in [5.41, 5.74) is 12.0. The van der Waals surface area contributed by atoms with E-state index in [1.807, 2.05) is 0 Å². The van der Waals surface area contributed by atoms with Crippen LogP contribution in [0.2, 0.25) is 0 Å². The van der Waals surface area contributed by atoms with E-state index in [9.17, 15) is 4.39 Å². The maximum absolute atomic E-state index is 12.8. The summed E-state index contributed by atoms with van der Waals surface area (Å²) in [6.45, 7) is 0. The van der Waals surface area contributed by atoms with E-state index in [2.05, 4.69) is 27.8 Å². The molecule has 1 aromatic rings. The second kappa shape index (κ2) is 4.15. The van der Waals surface area contributed by atoms with E-state index in [0.29, 0.717) is 16.6 Å². The largest absolute Gasteiger partial charge is 0.397 e. The molecule has 0 atom stereocenters. The molecule has 0 saturated heterocycles. The Balaban J connectivity index is 3.20. The van der Waals surface area contributed by atoms with Gasteiger partial charge >= 0.3 is 0 Å². The van der Waals surface area contributed by atoms with Crippen molar-refractivity contribution in [1.29, 1.82) is 0 Å². The van der Waals surface area contributed by atoms with Gasteiger partial charge in [0.2, 0.25) is 0 Å². The van der Waals surface area contributed by atoms with Crippen molar-refractivity contribution < 1.29 is 4.39 Å². The fourth-order valence-electron chi connectivity index (χ4n) is 0.871. The minimum atomic E-state index is -0.425. The van der Waals surface area contributed by atoms with Crippen molar-refractivity contribution in [3.63, 3.8) is 0 Å². The monoisotopic (exact) mass is 242 g/mol. The van der Waals surface area contributed by atoms with Gasteiger partial charge in [-0.3, -0.25) is 0 Å². The Kier molecular flexibility index (Phi) is 3.15. The third-order valence-corrected chi connectivity index (χ3v) is 1.75. The van der Waals surface area contributed by atoms with Crippen LogP contribution in [0.1, 0.15) is 5.56 Å². The lowest BCUT2D eigenvalue weighted by molar-refractivity contribution is 0.628. The van der Waals surface area contributed by atoms with Gasteiger partial charge in [-0.2, -0.15) is 0 Å². The Morgan fingerprint density at radius 2 is 2.08 bits per heavy atom. The molecule has 0 aliphatic heterocycles. The fraction of sp³-hybridized carbons (Fsp3) is 0.111. The number of alkyl halides is 1. The number of hydrogen-bond acceptors (Lipinski definition) is 2. The molecule has 0 bridgehead atoms. The second-order valence-electron chi connectivity index (χ2n) is 2.39. The molecule has 2 nitrogen and oxygen atoms in total. The molecule has 0 fully saturated rings.